The van der Waals surface area contributed by atoms with Crippen LogP contribution in [0.25, 0.3) is 0 Å². The lowest BCUT2D eigenvalue weighted by Gasteiger charge is -2.34. The molecule has 0 aromatic carbocycles. The Morgan fingerprint density at radius 3 is 2.56 bits per heavy atom. The minimum absolute atomic E-state index is 0.129. The van der Waals surface area contributed by atoms with Gasteiger partial charge < -0.3 is 5.43 Å². The summed E-state index contributed by atoms with van der Waals surface area (Å²) in [6.07, 6.45) is 0.726. The number of nitrogens with two attached hydrogens (primary N) is 1. The summed E-state index contributed by atoms with van der Waals surface area (Å²) in [5.74, 6) is 4.96. The van der Waals surface area contributed by atoms with E-state index in [4.69, 9.17) is 5.84 Å². The van der Waals surface area contributed by atoms with Crippen molar-refractivity contribution < 1.29 is 9.59 Å². The van der Waals surface area contributed by atoms with Crippen LogP contribution in [-0.2, 0) is 16.1 Å². The molecule has 1 aliphatic rings. The minimum atomic E-state index is -0.264. The van der Waals surface area contributed by atoms with Crippen molar-refractivity contribution in [2.45, 2.75) is 33.2 Å². The normalized spacial score (nSPS) is 19.2. The second kappa shape index (κ2) is 4.62. The molecule has 0 atom stereocenters. The fourth-order valence-electron chi connectivity index (χ4n) is 1.96. The highest BCUT2D eigenvalue weighted by molar-refractivity contribution is 7.10. The molecule has 98 valence electrons. The van der Waals surface area contributed by atoms with E-state index >= 15 is 0 Å². The summed E-state index contributed by atoms with van der Waals surface area (Å²) < 4.78 is 3.74. The van der Waals surface area contributed by atoms with E-state index in [-0.39, 0.29) is 23.8 Å². The van der Waals surface area contributed by atoms with E-state index in [9.17, 15) is 9.59 Å². The van der Waals surface area contributed by atoms with E-state index in [1.807, 2.05) is 13.8 Å². The molecule has 0 radical (unpaired) electrons. The van der Waals surface area contributed by atoms with Crippen LogP contribution in [0.4, 0.5) is 5.00 Å². The Morgan fingerprint density at radius 2 is 2.00 bits per heavy atom. The average Bonchev–Trinajstić information content (AvgIpc) is 2.69. The van der Waals surface area contributed by atoms with Crippen LogP contribution in [0.1, 0.15) is 32.4 Å². The molecule has 1 aromatic rings. The van der Waals surface area contributed by atoms with Crippen molar-refractivity contribution in [3.8, 4) is 0 Å². The molecule has 8 heteroatoms. The van der Waals surface area contributed by atoms with E-state index in [1.54, 1.807) is 0 Å². The lowest BCUT2D eigenvalue weighted by atomic mass is 9.82. The molecule has 0 bridgehead atoms. The van der Waals surface area contributed by atoms with Crippen LogP contribution in [0.2, 0.25) is 0 Å². The number of carbonyl (C=O) groups is 2. The monoisotopic (exact) mass is 269 g/mol. The van der Waals surface area contributed by atoms with Crippen molar-refractivity contribution in [1.82, 2.24) is 14.5 Å². The zero-order valence-electron chi connectivity index (χ0n) is 10.3. The molecule has 0 unspecified atom stereocenters. The van der Waals surface area contributed by atoms with Gasteiger partial charge in [-0.3, -0.25) is 14.5 Å². The van der Waals surface area contributed by atoms with Crippen LogP contribution in [0.3, 0.4) is 0 Å². The number of piperidine rings is 1. The van der Waals surface area contributed by atoms with Crippen LogP contribution < -0.4 is 11.3 Å². The van der Waals surface area contributed by atoms with Gasteiger partial charge in [-0.2, -0.15) is 0 Å². The summed E-state index contributed by atoms with van der Waals surface area (Å²) in [5, 5.41) is 4.44. The summed E-state index contributed by atoms with van der Waals surface area (Å²) in [6.45, 7) is 3.96. The van der Waals surface area contributed by atoms with Crippen LogP contribution in [0.15, 0.2) is 0 Å². The van der Waals surface area contributed by atoms with Gasteiger partial charge in [-0.15, -0.1) is 5.10 Å². The fourth-order valence-corrected chi connectivity index (χ4v) is 2.44. The zero-order valence-corrected chi connectivity index (χ0v) is 11.1. The number of hydrazine groups is 1. The average molecular weight is 269 g/mol. The van der Waals surface area contributed by atoms with Gasteiger partial charge in [-0.25, -0.2) is 5.84 Å². The maximum absolute atomic E-state index is 12.0. The zero-order chi connectivity index (χ0) is 13.3. The molecule has 0 aliphatic carbocycles. The molecule has 0 spiro atoms. The van der Waals surface area contributed by atoms with E-state index in [1.165, 1.54) is 4.90 Å². The number of likely N-dealkylation sites (tertiary alicyclic amines) is 1. The highest BCUT2D eigenvalue weighted by Gasteiger charge is 2.37. The van der Waals surface area contributed by atoms with E-state index in [2.05, 4.69) is 15.0 Å². The van der Waals surface area contributed by atoms with Gasteiger partial charge in [-0.1, -0.05) is 18.3 Å². The Kier molecular flexibility index (Phi) is 3.31. The number of hydrogen-bond acceptors (Lipinski definition) is 7. The highest BCUT2D eigenvalue weighted by Crippen LogP contribution is 2.32. The third-order valence-corrected chi connectivity index (χ3v) is 3.56. The van der Waals surface area contributed by atoms with Gasteiger partial charge in [0.25, 0.3) is 0 Å². The van der Waals surface area contributed by atoms with E-state index in [0.29, 0.717) is 23.5 Å². The van der Waals surface area contributed by atoms with Crippen LogP contribution in [-0.4, -0.2) is 26.3 Å². The van der Waals surface area contributed by atoms with Crippen molar-refractivity contribution in [2.24, 2.45) is 11.3 Å². The first-order valence-corrected chi connectivity index (χ1v) is 6.31. The molecule has 2 rings (SSSR count). The number of nitrogens with one attached hydrogen (secondary N) is 1. The summed E-state index contributed by atoms with van der Waals surface area (Å²) in [7, 11) is 0. The smallest absolute Gasteiger partial charge is 0.230 e. The third-order valence-electron chi connectivity index (χ3n) is 2.86. The third kappa shape index (κ3) is 2.49. The van der Waals surface area contributed by atoms with Gasteiger partial charge in [0.15, 0.2) is 0 Å². The van der Waals surface area contributed by atoms with Crippen molar-refractivity contribution >= 4 is 28.3 Å². The fraction of sp³-hybridized carbons (Fsp3) is 0.600. The molecule has 0 saturated carbocycles. The van der Waals surface area contributed by atoms with E-state index < -0.39 is 0 Å². The number of rotatable bonds is 3. The molecule has 3 N–H and O–H groups in total. The van der Waals surface area contributed by atoms with Gasteiger partial charge in [0.2, 0.25) is 11.8 Å². The van der Waals surface area contributed by atoms with Gasteiger partial charge in [0, 0.05) is 24.4 Å². The van der Waals surface area contributed by atoms with Gasteiger partial charge in [-0.05, 0) is 5.41 Å². The van der Waals surface area contributed by atoms with Crippen molar-refractivity contribution in [3.05, 3.63) is 5.69 Å². The number of nitrogen functional groups attached to an aromatic ring is 1. The highest BCUT2D eigenvalue weighted by atomic mass is 32.1. The Balaban J connectivity index is 2.15. The maximum atomic E-state index is 12.0. The van der Waals surface area contributed by atoms with Crippen LogP contribution in [0.5, 0.6) is 0 Å². The first-order valence-electron chi connectivity index (χ1n) is 5.54. The quantitative estimate of drug-likeness (QED) is 0.470. The lowest BCUT2D eigenvalue weighted by Crippen LogP contribution is -2.45. The number of nitrogens with zero attached hydrogens (tertiary/aromatic N) is 3. The summed E-state index contributed by atoms with van der Waals surface area (Å²) in [5.41, 5.74) is 2.71. The Bertz CT molecular complexity index is 464. The predicted molar refractivity (Wildman–Crippen MR) is 66.3 cm³/mol. The van der Waals surface area contributed by atoms with E-state index in [0.717, 1.165) is 11.5 Å². The number of hydrogen-bond donors (Lipinski definition) is 2. The SMILES string of the molecule is CC1(C)CC(=O)N(Cc2nnsc2NN)C(=O)C1. The number of amides is 2. The largest absolute Gasteiger partial charge is 0.313 e. The van der Waals surface area contributed by atoms with Gasteiger partial charge in [0.1, 0.15) is 10.7 Å². The molecule has 1 aliphatic heterocycles. The number of aromatic nitrogens is 2. The molecule has 2 heterocycles. The molecular formula is C10H15N5O2S. The number of anilines is 1. The Morgan fingerprint density at radius 1 is 1.39 bits per heavy atom. The Labute approximate surface area is 108 Å². The van der Waals surface area contributed by atoms with Crippen LogP contribution >= 0.6 is 11.5 Å². The predicted octanol–water partition coefficient (Wildman–Crippen LogP) is 0.499. The first-order chi connectivity index (χ1) is 8.43. The minimum Gasteiger partial charge on any atom is -0.313 e. The van der Waals surface area contributed by atoms with Gasteiger partial charge >= 0.3 is 0 Å². The first kappa shape index (κ1) is 12.9. The molecule has 7 nitrogen and oxygen atoms in total. The maximum Gasteiger partial charge on any atom is 0.230 e. The number of imide groups is 1. The summed E-state index contributed by atoms with van der Waals surface area (Å²) in [6, 6.07) is 0. The van der Waals surface area contributed by atoms with Crippen molar-refractivity contribution in [3.63, 3.8) is 0 Å². The molecule has 1 aromatic heterocycles. The Hall–Kier alpha value is -1.54. The lowest BCUT2D eigenvalue weighted by molar-refractivity contribution is -0.153. The van der Waals surface area contributed by atoms with Crippen LogP contribution in [0, 0.1) is 5.41 Å². The summed E-state index contributed by atoms with van der Waals surface area (Å²) >= 11 is 1.09. The standard InChI is InChI=1S/C10H15N5O2S/c1-10(2)3-7(16)15(8(17)4-10)5-6-9(12-11)18-14-13-6/h12H,3-5,11H2,1-2H3. The second-order valence-electron chi connectivity index (χ2n) is 5.08. The second-order valence-corrected chi connectivity index (χ2v) is 5.84. The van der Waals surface area contributed by atoms with Crippen molar-refractivity contribution in [1.29, 1.82) is 0 Å². The van der Waals surface area contributed by atoms with Crippen molar-refractivity contribution in [2.75, 3.05) is 5.43 Å². The van der Waals surface area contributed by atoms with Gasteiger partial charge in [0.05, 0.1) is 6.54 Å². The molecule has 2 amide bonds. The molecule has 18 heavy (non-hydrogen) atoms. The summed E-state index contributed by atoms with van der Waals surface area (Å²) in [4.78, 5) is 25.1. The topological polar surface area (TPSA) is 101 Å². The molecule has 1 fully saturated rings. The number of carbonyl (C=O) groups excluding carboxylic acids is 2. The molecular weight excluding hydrogens is 254 g/mol. The molecule has 1 saturated heterocycles.